The molecule has 0 bridgehead atoms. The van der Waals surface area contributed by atoms with Crippen molar-refractivity contribution in [2.75, 3.05) is 13.2 Å². The van der Waals surface area contributed by atoms with Gasteiger partial charge in [0.2, 0.25) is 11.2 Å². The Morgan fingerprint density at radius 3 is 1.96 bits per heavy atom. The third kappa shape index (κ3) is 4.88. The molecule has 7 fully saturated rings. The Hall–Kier alpha value is -1.64. The number of ketones is 4. The smallest absolute Gasteiger partial charge is 0.270 e. The molecule has 0 amide bonds. The van der Waals surface area contributed by atoms with Crippen LogP contribution >= 0.6 is 0 Å². The van der Waals surface area contributed by atoms with Crippen LogP contribution in [0, 0.1) is 52.3 Å². The lowest BCUT2D eigenvalue weighted by Gasteiger charge is -2.63. The van der Waals surface area contributed by atoms with E-state index >= 15 is 0 Å². The number of hydrogen-bond donors (Lipinski definition) is 4. The van der Waals surface area contributed by atoms with E-state index in [0.29, 0.717) is 48.3 Å². The summed E-state index contributed by atoms with van der Waals surface area (Å²) in [4.78, 5) is 53.4. The molecule has 298 valence electrons. The van der Waals surface area contributed by atoms with Gasteiger partial charge in [0.25, 0.3) is 5.79 Å². The molecular formula is C41H62O12. The standard InChI is InChI=1S/C41H62O12/c1-21-11-16-37(50-20-21)22(2)34-32(52-37)18-31-29-10-9-27-17-28(12-14-35(27,7)30(29)13-15-36(31,34)8)51-41(26(6)46)40(49,25(5)45)39(48,24(4)44)38(47,23(3)43)33(19-42)53-41/h21-22,27-34,42,47-49H,9-20H2,1-8H3/t21-,22-,27-,28-,29+,30-,31-,32-,33+,34-,35-,36-,37+,38-,39-,40+,41+/m0/s1. The van der Waals surface area contributed by atoms with Gasteiger partial charge in [-0.3, -0.25) is 19.2 Å². The maximum atomic E-state index is 13.7. The fourth-order valence-corrected chi connectivity index (χ4v) is 13.9. The van der Waals surface area contributed by atoms with Crippen LogP contribution in [0.25, 0.3) is 0 Å². The molecule has 53 heavy (non-hydrogen) atoms. The molecule has 0 aromatic heterocycles. The van der Waals surface area contributed by atoms with Crippen LogP contribution < -0.4 is 0 Å². The summed E-state index contributed by atoms with van der Waals surface area (Å²) < 4.78 is 25.8. The normalized spacial score (nSPS) is 54.7. The van der Waals surface area contributed by atoms with Gasteiger partial charge in [-0.25, -0.2) is 0 Å². The van der Waals surface area contributed by atoms with Crippen molar-refractivity contribution in [2.24, 2.45) is 52.3 Å². The molecule has 0 radical (unpaired) electrons. The van der Waals surface area contributed by atoms with Gasteiger partial charge in [0, 0.05) is 19.3 Å². The van der Waals surface area contributed by atoms with Gasteiger partial charge in [-0.15, -0.1) is 0 Å². The SMILES string of the molecule is CC(=O)[C@@]1(O[C@H]2CC[C@@]3(C)[C@@H](CC[C@@H]4[C@@H]3CC[C@]3(C)[C@@H]5[C@H](C[C@@H]43)O[C@]3(CC[C@H](C)CO3)[C@H]5C)C2)O[C@H](CO)[C@@](O)(C(C)=O)[C@@](O)(C(C)=O)[C@]1(O)C(C)=O. The Balaban J connectivity index is 1.14. The molecule has 17 atom stereocenters. The Bertz CT molecular complexity index is 1540. The first kappa shape index (κ1) is 39.6. The van der Waals surface area contributed by atoms with Gasteiger partial charge in [-0.05, 0) is 125 Å². The minimum atomic E-state index is -3.59. The van der Waals surface area contributed by atoms with Crippen LogP contribution in [0.4, 0.5) is 0 Å². The summed E-state index contributed by atoms with van der Waals surface area (Å²) in [6.07, 6.45) is 6.37. The highest BCUT2D eigenvalue weighted by molar-refractivity contribution is 6.09. The van der Waals surface area contributed by atoms with Crippen LogP contribution in [0.1, 0.15) is 120 Å². The van der Waals surface area contributed by atoms with Crippen molar-refractivity contribution in [2.45, 2.75) is 166 Å². The summed E-state index contributed by atoms with van der Waals surface area (Å²) in [7, 11) is 0. The maximum Gasteiger partial charge on any atom is 0.270 e. The van der Waals surface area contributed by atoms with E-state index in [-0.39, 0.29) is 22.9 Å². The van der Waals surface area contributed by atoms with Crippen molar-refractivity contribution in [3.8, 4) is 0 Å². The number of carbonyl (C=O) groups excluding carboxylic acids is 4. The van der Waals surface area contributed by atoms with Crippen molar-refractivity contribution in [3.05, 3.63) is 0 Å². The summed E-state index contributed by atoms with van der Waals surface area (Å²) in [5, 5.41) is 46.3. The molecule has 1 spiro atoms. The number of hydrogen-bond acceptors (Lipinski definition) is 12. The molecule has 0 aromatic carbocycles. The largest absolute Gasteiger partial charge is 0.394 e. The van der Waals surface area contributed by atoms with Crippen molar-refractivity contribution >= 4 is 23.1 Å². The molecule has 12 heteroatoms. The number of fused-ring (bicyclic) bond motifs is 7. The van der Waals surface area contributed by atoms with Gasteiger partial charge in [0.05, 0.1) is 25.4 Å². The van der Waals surface area contributed by atoms with E-state index in [4.69, 9.17) is 18.9 Å². The molecule has 12 nitrogen and oxygen atoms in total. The number of ether oxygens (including phenoxy) is 4. The second-order valence-electron chi connectivity index (χ2n) is 19.0. The Morgan fingerprint density at radius 1 is 0.736 bits per heavy atom. The highest BCUT2D eigenvalue weighted by Gasteiger charge is 2.85. The van der Waals surface area contributed by atoms with Gasteiger partial charge in [-0.1, -0.05) is 27.7 Å². The van der Waals surface area contributed by atoms with Crippen LogP contribution in [0.3, 0.4) is 0 Å². The van der Waals surface area contributed by atoms with Crippen LogP contribution in [0.15, 0.2) is 0 Å². The predicted octanol–water partition coefficient (Wildman–Crippen LogP) is 3.45. The van der Waals surface area contributed by atoms with Gasteiger partial charge in [-0.2, -0.15) is 0 Å². The third-order valence-electron chi connectivity index (χ3n) is 16.7. The number of Topliss-reactive ketones (excluding diaryl/α,β-unsaturated/α-hetero) is 4. The predicted molar refractivity (Wildman–Crippen MR) is 189 cm³/mol. The second kappa shape index (κ2) is 12.7. The van der Waals surface area contributed by atoms with E-state index in [1.165, 1.54) is 0 Å². The minimum absolute atomic E-state index is 0.0333. The number of carbonyl (C=O) groups is 4. The maximum absolute atomic E-state index is 13.7. The van der Waals surface area contributed by atoms with Crippen LogP contribution in [0.2, 0.25) is 0 Å². The van der Waals surface area contributed by atoms with Crippen molar-refractivity contribution in [1.29, 1.82) is 0 Å². The third-order valence-corrected chi connectivity index (χ3v) is 16.7. The average molecular weight is 747 g/mol. The molecule has 4 aliphatic carbocycles. The van der Waals surface area contributed by atoms with Gasteiger partial charge >= 0.3 is 0 Å². The zero-order chi connectivity index (χ0) is 38.9. The first-order valence-corrected chi connectivity index (χ1v) is 20.1. The Kier molecular flexibility index (Phi) is 9.47. The lowest BCUT2D eigenvalue weighted by molar-refractivity contribution is -0.409. The molecule has 0 aromatic rings. The zero-order valence-electron chi connectivity index (χ0n) is 32.8. The molecule has 3 saturated heterocycles. The fourth-order valence-electron chi connectivity index (χ4n) is 13.9. The average Bonchev–Trinajstić information content (AvgIpc) is 3.54. The summed E-state index contributed by atoms with van der Waals surface area (Å²) in [6.45, 7) is 12.6. The van der Waals surface area contributed by atoms with E-state index < -0.39 is 70.3 Å². The molecule has 7 aliphatic rings. The highest BCUT2D eigenvalue weighted by atomic mass is 16.7. The fraction of sp³-hybridized carbons (Fsp3) is 0.902. The quantitative estimate of drug-likeness (QED) is 0.279. The highest BCUT2D eigenvalue weighted by Crippen LogP contribution is 2.71. The second-order valence-corrected chi connectivity index (χ2v) is 19.0. The number of aliphatic hydroxyl groups is 4. The molecule has 4 saturated carbocycles. The summed E-state index contributed by atoms with van der Waals surface area (Å²) in [5.41, 5.74) is -10.3. The molecule has 4 N–H and O–H groups in total. The van der Waals surface area contributed by atoms with E-state index in [2.05, 4.69) is 27.7 Å². The molecular weight excluding hydrogens is 684 g/mol. The van der Waals surface area contributed by atoms with Crippen molar-refractivity contribution in [3.63, 3.8) is 0 Å². The van der Waals surface area contributed by atoms with E-state index in [9.17, 15) is 39.6 Å². The van der Waals surface area contributed by atoms with Gasteiger partial charge in [0.15, 0.2) is 34.5 Å². The van der Waals surface area contributed by atoms with Gasteiger partial charge < -0.3 is 39.4 Å². The lowest BCUT2D eigenvalue weighted by Crippen LogP contribution is -2.91. The van der Waals surface area contributed by atoms with Crippen LogP contribution in [-0.4, -0.2) is 103 Å². The Morgan fingerprint density at radius 2 is 1.40 bits per heavy atom. The topological polar surface area (TPSA) is 186 Å². The molecule has 0 unspecified atom stereocenters. The first-order chi connectivity index (χ1) is 24.6. The number of rotatable bonds is 7. The monoisotopic (exact) mass is 746 g/mol. The molecule has 7 rings (SSSR count). The summed E-state index contributed by atoms with van der Waals surface area (Å²) in [6, 6.07) is 0. The van der Waals surface area contributed by atoms with E-state index in [1.807, 2.05) is 0 Å². The van der Waals surface area contributed by atoms with E-state index in [0.717, 1.165) is 85.7 Å². The number of aliphatic hydroxyl groups excluding tert-OH is 1. The minimum Gasteiger partial charge on any atom is -0.394 e. The van der Waals surface area contributed by atoms with Crippen molar-refractivity contribution < 1.29 is 58.6 Å². The van der Waals surface area contributed by atoms with Crippen molar-refractivity contribution in [1.82, 2.24) is 0 Å². The summed E-state index contributed by atoms with van der Waals surface area (Å²) in [5.74, 6) is -5.33. The van der Waals surface area contributed by atoms with Gasteiger partial charge in [0.1, 0.15) is 6.10 Å². The van der Waals surface area contributed by atoms with E-state index in [1.54, 1.807) is 0 Å². The lowest BCUT2D eigenvalue weighted by atomic mass is 9.44. The summed E-state index contributed by atoms with van der Waals surface area (Å²) >= 11 is 0. The molecule has 3 aliphatic heterocycles. The first-order valence-electron chi connectivity index (χ1n) is 20.1. The molecule has 3 heterocycles. The zero-order valence-corrected chi connectivity index (χ0v) is 32.8. The Labute approximate surface area is 313 Å². The van der Waals surface area contributed by atoms with Crippen LogP contribution in [0.5, 0.6) is 0 Å². The van der Waals surface area contributed by atoms with Crippen LogP contribution in [-0.2, 0) is 38.1 Å².